The quantitative estimate of drug-likeness (QED) is 0.802. The van der Waals surface area contributed by atoms with E-state index in [2.05, 4.69) is 4.99 Å². The van der Waals surface area contributed by atoms with Crippen molar-refractivity contribution in [3.63, 3.8) is 0 Å². The first-order valence-corrected chi connectivity index (χ1v) is 9.17. The first kappa shape index (κ1) is 17.8. The van der Waals surface area contributed by atoms with E-state index in [0.29, 0.717) is 19.4 Å². The lowest BCUT2D eigenvalue weighted by atomic mass is 9.82. The van der Waals surface area contributed by atoms with Crippen LogP contribution >= 0.6 is 0 Å². The molecule has 1 aromatic carbocycles. The van der Waals surface area contributed by atoms with Crippen LogP contribution < -0.4 is 0 Å². The van der Waals surface area contributed by atoms with Crippen molar-refractivity contribution in [2.45, 2.75) is 50.8 Å². The molecule has 2 rings (SSSR count). The number of rotatable bonds is 6. The maximum atomic E-state index is 12.7. The predicted octanol–water partition coefficient (Wildman–Crippen LogP) is 3.06. The topological polar surface area (TPSA) is 66.8 Å². The maximum Gasteiger partial charge on any atom is 0.242 e. The van der Waals surface area contributed by atoms with Crippen molar-refractivity contribution in [1.82, 2.24) is 4.31 Å². The van der Waals surface area contributed by atoms with Gasteiger partial charge in [0.1, 0.15) is 5.78 Å². The fourth-order valence-corrected chi connectivity index (χ4v) is 3.88. The number of benzene rings is 1. The summed E-state index contributed by atoms with van der Waals surface area (Å²) in [6.45, 7) is 7.90. The molecule has 0 aromatic heterocycles. The zero-order valence-corrected chi connectivity index (χ0v) is 15.2. The van der Waals surface area contributed by atoms with Gasteiger partial charge in [-0.05, 0) is 44.0 Å². The van der Waals surface area contributed by atoms with Crippen LogP contribution in [0.2, 0.25) is 0 Å². The van der Waals surface area contributed by atoms with Gasteiger partial charge < -0.3 is 4.79 Å². The van der Waals surface area contributed by atoms with Crippen LogP contribution in [0.4, 0.5) is 5.69 Å². The minimum atomic E-state index is -3.56. The zero-order valence-electron chi connectivity index (χ0n) is 14.4. The van der Waals surface area contributed by atoms with Crippen molar-refractivity contribution in [3.05, 3.63) is 23.8 Å². The van der Waals surface area contributed by atoms with E-state index < -0.39 is 10.0 Å². The summed E-state index contributed by atoms with van der Waals surface area (Å²) in [5.41, 5.74) is 2.50. The van der Waals surface area contributed by atoms with E-state index in [1.165, 1.54) is 11.2 Å². The van der Waals surface area contributed by atoms with Gasteiger partial charge in [0.25, 0.3) is 0 Å². The molecule has 0 atom stereocenters. The first-order valence-electron chi connectivity index (χ1n) is 7.73. The Morgan fingerprint density at radius 2 is 1.96 bits per heavy atom. The molecule has 0 bridgehead atoms. The van der Waals surface area contributed by atoms with E-state index in [4.69, 9.17) is 0 Å². The number of carbonyl (C=O) groups excluding carboxylic acids is 1. The molecular weight excluding hydrogens is 312 g/mol. The average Bonchev–Trinajstić information content (AvgIpc) is 2.68. The molecule has 23 heavy (non-hydrogen) atoms. The normalized spacial score (nSPS) is 16.3. The number of carbonyl (C=O) groups is 1. The van der Waals surface area contributed by atoms with Crippen LogP contribution in [0, 0.1) is 0 Å². The Hall–Kier alpha value is -1.53. The highest BCUT2D eigenvalue weighted by Gasteiger charge is 2.33. The monoisotopic (exact) mass is 336 g/mol. The van der Waals surface area contributed by atoms with E-state index >= 15 is 0 Å². The third kappa shape index (κ3) is 3.38. The fraction of sp³-hybridized carbons (Fsp3) is 0.529. The lowest BCUT2D eigenvalue weighted by molar-refractivity contribution is -0.117. The number of aliphatic imine (C=N–C) groups is 1. The van der Waals surface area contributed by atoms with Gasteiger partial charge in [0.2, 0.25) is 10.0 Å². The number of sulfonamides is 1. The van der Waals surface area contributed by atoms with Crippen LogP contribution in [0.3, 0.4) is 0 Å². The van der Waals surface area contributed by atoms with Crippen LogP contribution in [-0.4, -0.2) is 37.8 Å². The minimum absolute atomic E-state index is 0.0719. The third-order valence-electron chi connectivity index (χ3n) is 4.54. The summed E-state index contributed by atoms with van der Waals surface area (Å²) in [6, 6.07) is 5.10. The van der Waals surface area contributed by atoms with Crippen molar-refractivity contribution >= 4 is 27.2 Å². The van der Waals surface area contributed by atoms with Crippen LogP contribution in [-0.2, 0) is 20.2 Å². The van der Waals surface area contributed by atoms with Crippen molar-refractivity contribution in [3.8, 4) is 0 Å². The molecule has 0 saturated carbocycles. The predicted molar refractivity (Wildman–Crippen MR) is 92.0 cm³/mol. The van der Waals surface area contributed by atoms with Crippen LogP contribution in [0.1, 0.15) is 46.1 Å². The molecule has 0 amide bonds. The second-order valence-corrected chi connectivity index (χ2v) is 8.68. The van der Waals surface area contributed by atoms with Crippen LogP contribution in [0.5, 0.6) is 0 Å². The number of nitrogens with zero attached hydrogens (tertiary/aromatic N) is 2. The standard InChI is InChI=1S/C17H24N2O3S/c1-12(20)7-6-10-19(5)23(21,22)14-8-9-16-15(11-14)17(3,4)13(2)18-16/h8-9,11H,6-7,10H2,1-5H3. The van der Waals surface area contributed by atoms with E-state index in [0.717, 1.165) is 17.0 Å². The Morgan fingerprint density at radius 1 is 1.30 bits per heavy atom. The largest absolute Gasteiger partial charge is 0.300 e. The summed E-state index contributed by atoms with van der Waals surface area (Å²) < 4.78 is 26.7. The number of ketones is 1. The number of hydrogen-bond acceptors (Lipinski definition) is 4. The van der Waals surface area contributed by atoms with E-state index in [9.17, 15) is 13.2 Å². The van der Waals surface area contributed by atoms with Crippen molar-refractivity contribution < 1.29 is 13.2 Å². The molecule has 0 aliphatic carbocycles. The second-order valence-electron chi connectivity index (χ2n) is 6.63. The Kier molecular flexibility index (Phi) is 4.78. The number of hydrogen-bond donors (Lipinski definition) is 0. The third-order valence-corrected chi connectivity index (χ3v) is 6.40. The van der Waals surface area contributed by atoms with Gasteiger partial charge in [-0.25, -0.2) is 12.7 Å². The van der Waals surface area contributed by atoms with Crippen molar-refractivity contribution in [2.24, 2.45) is 4.99 Å². The molecule has 5 nitrogen and oxygen atoms in total. The summed E-state index contributed by atoms with van der Waals surface area (Å²) in [4.78, 5) is 15.8. The Balaban J connectivity index is 2.26. The van der Waals surface area contributed by atoms with Gasteiger partial charge in [-0.3, -0.25) is 4.99 Å². The Morgan fingerprint density at radius 3 is 2.57 bits per heavy atom. The average molecular weight is 336 g/mol. The van der Waals surface area contributed by atoms with E-state index in [-0.39, 0.29) is 16.1 Å². The lowest BCUT2D eigenvalue weighted by Gasteiger charge is -2.22. The van der Waals surface area contributed by atoms with Gasteiger partial charge in [0.05, 0.1) is 10.6 Å². The Bertz CT molecular complexity index is 764. The van der Waals surface area contributed by atoms with Crippen LogP contribution in [0.25, 0.3) is 0 Å². The highest BCUT2D eigenvalue weighted by Crippen LogP contribution is 2.41. The van der Waals surface area contributed by atoms with Gasteiger partial charge >= 0.3 is 0 Å². The SMILES string of the molecule is CC(=O)CCCN(C)S(=O)(=O)c1ccc2c(c1)C(C)(C)C(C)=N2. The molecule has 0 spiro atoms. The second kappa shape index (κ2) is 6.17. The molecular formula is C17H24N2O3S. The van der Waals surface area contributed by atoms with Gasteiger partial charge in [-0.2, -0.15) is 0 Å². The smallest absolute Gasteiger partial charge is 0.242 e. The summed E-state index contributed by atoms with van der Waals surface area (Å²) in [7, 11) is -2.00. The van der Waals surface area contributed by atoms with Crippen molar-refractivity contribution in [1.29, 1.82) is 0 Å². The molecule has 1 aliphatic rings. The molecule has 0 unspecified atom stereocenters. The molecule has 1 aliphatic heterocycles. The summed E-state index contributed by atoms with van der Waals surface area (Å²) in [5, 5.41) is 0. The van der Waals surface area contributed by atoms with E-state index in [1.807, 2.05) is 20.8 Å². The molecule has 0 saturated heterocycles. The Labute approximate surface area is 138 Å². The molecule has 0 N–H and O–H groups in total. The summed E-state index contributed by atoms with van der Waals surface area (Å²) in [6.07, 6.45) is 0.924. The fourth-order valence-electron chi connectivity index (χ4n) is 2.64. The van der Waals surface area contributed by atoms with E-state index in [1.54, 1.807) is 25.2 Å². The molecule has 0 radical (unpaired) electrons. The first-order chi connectivity index (χ1) is 10.6. The van der Waals surface area contributed by atoms with Crippen LogP contribution in [0.15, 0.2) is 28.1 Å². The van der Waals surface area contributed by atoms with Gasteiger partial charge in [-0.15, -0.1) is 0 Å². The molecule has 1 heterocycles. The molecule has 126 valence electrons. The number of Topliss-reactive ketones (excluding diaryl/α,β-unsaturated/α-hetero) is 1. The molecule has 0 fully saturated rings. The lowest BCUT2D eigenvalue weighted by Crippen LogP contribution is -2.29. The molecule has 1 aromatic rings. The summed E-state index contributed by atoms with van der Waals surface area (Å²) >= 11 is 0. The van der Waals surface area contributed by atoms with Gasteiger partial charge in [0, 0.05) is 31.1 Å². The zero-order chi connectivity index (χ0) is 17.4. The summed E-state index contributed by atoms with van der Waals surface area (Å²) in [5.74, 6) is 0.0719. The van der Waals surface area contributed by atoms with Crippen molar-refractivity contribution in [2.75, 3.05) is 13.6 Å². The van der Waals surface area contributed by atoms with Gasteiger partial charge in [0.15, 0.2) is 0 Å². The highest BCUT2D eigenvalue weighted by atomic mass is 32.2. The molecule has 6 heteroatoms. The maximum absolute atomic E-state index is 12.7. The highest BCUT2D eigenvalue weighted by molar-refractivity contribution is 7.89. The minimum Gasteiger partial charge on any atom is -0.300 e. The van der Waals surface area contributed by atoms with Gasteiger partial charge in [-0.1, -0.05) is 13.8 Å². The number of fused-ring (bicyclic) bond motifs is 1.